The molecular formula is C13H18N2. The van der Waals surface area contributed by atoms with E-state index in [-0.39, 0.29) is 0 Å². The lowest BCUT2D eigenvalue weighted by Gasteiger charge is -2.02. The highest BCUT2D eigenvalue weighted by atomic mass is 15.0. The van der Waals surface area contributed by atoms with Gasteiger partial charge in [0.15, 0.2) is 0 Å². The zero-order valence-electron chi connectivity index (χ0n) is 9.67. The first-order valence-electron chi connectivity index (χ1n) is 5.52. The zero-order valence-corrected chi connectivity index (χ0v) is 9.67. The number of rotatable bonds is 3. The molecule has 0 aromatic carbocycles. The maximum absolute atomic E-state index is 3.34. The third-order valence-corrected chi connectivity index (χ3v) is 2.93. The van der Waals surface area contributed by atoms with Crippen molar-refractivity contribution in [3.05, 3.63) is 35.7 Å². The van der Waals surface area contributed by atoms with Crippen LogP contribution in [0.3, 0.4) is 0 Å². The van der Waals surface area contributed by atoms with Gasteiger partial charge < -0.3 is 9.55 Å². The van der Waals surface area contributed by atoms with Gasteiger partial charge in [-0.05, 0) is 37.1 Å². The zero-order chi connectivity index (χ0) is 10.8. The number of hydrogen-bond acceptors (Lipinski definition) is 0. The summed E-state index contributed by atoms with van der Waals surface area (Å²) in [5.41, 5.74) is 5.16. The summed E-state index contributed by atoms with van der Waals surface area (Å²) in [5.74, 6) is 0. The van der Waals surface area contributed by atoms with Gasteiger partial charge in [0.05, 0.1) is 11.4 Å². The predicted octanol–water partition coefficient (Wildman–Crippen LogP) is 3.28. The minimum Gasteiger partial charge on any atom is -0.360 e. The maximum atomic E-state index is 3.34. The quantitative estimate of drug-likeness (QED) is 0.788. The van der Waals surface area contributed by atoms with E-state index in [9.17, 15) is 0 Å². The van der Waals surface area contributed by atoms with Crippen LogP contribution in [-0.2, 0) is 13.5 Å². The number of nitrogens with one attached hydrogen (secondary N) is 1. The second-order valence-electron chi connectivity index (χ2n) is 4.09. The van der Waals surface area contributed by atoms with E-state index in [1.807, 2.05) is 0 Å². The number of aromatic nitrogens is 2. The van der Waals surface area contributed by atoms with Crippen LogP contribution in [0.4, 0.5) is 0 Å². The largest absolute Gasteiger partial charge is 0.360 e. The van der Waals surface area contributed by atoms with Crippen LogP contribution in [0, 0.1) is 6.92 Å². The molecule has 1 N–H and O–H groups in total. The third-order valence-electron chi connectivity index (χ3n) is 2.93. The molecule has 0 atom stereocenters. The molecule has 0 fully saturated rings. The van der Waals surface area contributed by atoms with Crippen molar-refractivity contribution in [2.24, 2.45) is 7.05 Å². The first kappa shape index (κ1) is 10.1. The lowest BCUT2D eigenvalue weighted by atomic mass is 10.2. The monoisotopic (exact) mass is 202 g/mol. The van der Waals surface area contributed by atoms with Gasteiger partial charge in [-0.3, -0.25) is 0 Å². The van der Waals surface area contributed by atoms with Gasteiger partial charge >= 0.3 is 0 Å². The molecule has 0 spiro atoms. The lowest BCUT2D eigenvalue weighted by Crippen LogP contribution is -1.93. The summed E-state index contributed by atoms with van der Waals surface area (Å²) in [7, 11) is 2.10. The Morgan fingerprint density at radius 2 is 2.13 bits per heavy atom. The molecule has 0 saturated heterocycles. The number of H-pyrrole nitrogens is 1. The highest BCUT2D eigenvalue weighted by molar-refractivity contribution is 5.57. The summed E-state index contributed by atoms with van der Waals surface area (Å²) in [5, 5.41) is 0. The van der Waals surface area contributed by atoms with Gasteiger partial charge in [-0.25, -0.2) is 0 Å². The highest BCUT2D eigenvalue weighted by Crippen LogP contribution is 2.21. The van der Waals surface area contributed by atoms with E-state index < -0.39 is 0 Å². The normalized spacial score (nSPS) is 10.9. The fourth-order valence-electron chi connectivity index (χ4n) is 1.90. The molecule has 0 aliphatic carbocycles. The molecule has 2 heteroatoms. The minimum atomic E-state index is 1.15. The lowest BCUT2D eigenvalue weighted by molar-refractivity contribution is 0.887. The van der Waals surface area contributed by atoms with Crippen LogP contribution < -0.4 is 0 Å². The van der Waals surface area contributed by atoms with E-state index in [1.165, 1.54) is 29.1 Å². The Balaban J connectivity index is 2.33. The topological polar surface area (TPSA) is 20.7 Å². The second kappa shape index (κ2) is 3.97. The van der Waals surface area contributed by atoms with E-state index >= 15 is 0 Å². The first-order chi connectivity index (χ1) is 7.22. The van der Waals surface area contributed by atoms with Crippen LogP contribution in [0.5, 0.6) is 0 Å². The Morgan fingerprint density at radius 3 is 2.73 bits per heavy atom. The summed E-state index contributed by atoms with van der Waals surface area (Å²) in [6, 6.07) is 6.56. The summed E-state index contributed by atoms with van der Waals surface area (Å²) >= 11 is 0. The summed E-state index contributed by atoms with van der Waals surface area (Å²) in [4.78, 5) is 3.34. The molecule has 0 bridgehead atoms. The SMILES string of the molecule is CCCc1c[nH]c(-c2ccc(C)n2C)c1. The predicted molar refractivity (Wildman–Crippen MR) is 63.9 cm³/mol. The van der Waals surface area contributed by atoms with Gasteiger partial charge in [-0.2, -0.15) is 0 Å². The van der Waals surface area contributed by atoms with Crippen molar-refractivity contribution in [3.63, 3.8) is 0 Å². The molecule has 2 aromatic rings. The maximum Gasteiger partial charge on any atom is 0.0645 e. The second-order valence-corrected chi connectivity index (χ2v) is 4.09. The summed E-state index contributed by atoms with van der Waals surface area (Å²) in [6.45, 7) is 4.33. The standard InChI is InChI=1S/C13H18N2/c1-4-5-11-8-12(14-9-11)13-7-6-10(2)15(13)3/h6-9,14H,4-5H2,1-3H3. The van der Waals surface area contributed by atoms with Crippen LogP contribution in [0.1, 0.15) is 24.6 Å². The van der Waals surface area contributed by atoms with Crippen LogP contribution in [0.2, 0.25) is 0 Å². The van der Waals surface area contributed by atoms with E-state index in [0.29, 0.717) is 0 Å². The Morgan fingerprint density at radius 1 is 1.33 bits per heavy atom. The first-order valence-corrected chi connectivity index (χ1v) is 5.52. The molecule has 0 radical (unpaired) electrons. The molecule has 15 heavy (non-hydrogen) atoms. The van der Waals surface area contributed by atoms with E-state index in [2.05, 4.69) is 54.8 Å². The molecule has 2 nitrogen and oxygen atoms in total. The van der Waals surface area contributed by atoms with Crippen LogP contribution in [0.15, 0.2) is 24.4 Å². The summed E-state index contributed by atoms with van der Waals surface area (Å²) < 4.78 is 2.21. The van der Waals surface area contributed by atoms with Gasteiger partial charge in [-0.15, -0.1) is 0 Å². The molecule has 2 rings (SSSR count). The molecule has 0 unspecified atom stereocenters. The molecular weight excluding hydrogens is 184 g/mol. The Bertz CT molecular complexity index is 449. The number of aromatic amines is 1. The van der Waals surface area contributed by atoms with E-state index in [1.54, 1.807) is 0 Å². The third kappa shape index (κ3) is 1.84. The Kier molecular flexibility index (Phi) is 2.67. The molecule has 0 aliphatic rings. The number of hydrogen-bond donors (Lipinski definition) is 1. The van der Waals surface area contributed by atoms with Gasteiger partial charge in [0, 0.05) is 18.9 Å². The molecule has 2 heterocycles. The van der Waals surface area contributed by atoms with Gasteiger partial charge in [-0.1, -0.05) is 13.3 Å². The van der Waals surface area contributed by atoms with Crippen LogP contribution in [0.25, 0.3) is 11.4 Å². The van der Waals surface area contributed by atoms with Crippen molar-refractivity contribution < 1.29 is 0 Å². The van der Waals surface area contributed by atoms with Crippen LogP contribution in [-0.4, -0.2) is 9.55 Å². The Hall–Kier alpha value is -1.44. The van der Waals surface area contributed by atoms with Gasteiger partial charge in [0.25, 0.3) is 0 Å². The van der Waals surface area contributed by atoms with E-state index in [4.69, 9.17) is 0 Å². The summed E-state index contributed by atoms with van der Waals surface area (Å²) in [6.07, 6.45) is 4.46. The average Bonchev–Trinajstić information content (AvgIpc) is 2.77. The highest BCUT2D eigenvalue weighted by Gasteiger charge is 2.06. The van der Waals surface area contributed by atoms with Gasteiger partial charge in [0.2, 0.25) is 0 Å². The van der Waals surface area contributed by atoms with Gasteiger partial charge in [0.1, 0.15) is 0 Å². The molecule has 0 aliphatic heterocycles. The van der Waals surface area contributed by atoms with Crippen molar-refractivity contribution in [2.75, 3.05) is 0 Å². The van der Waals surface area contributed by atoms with Crippen molar-refractivity contribution in [3.8, 4) is 11.4 Å². The minimum absolute atomic E-state index is 1.15. The molecule has 80 valence electrons. The van der Waals surface area contributed by atoms with E-state index in [0.717, 1.165) is 6.42 Å². The fourth-order valence-corrected chi connectivity index (χ4v) is 1.90. The molecule has 0 amide bonds. The number of aryl methyl sites for hydroxylation is 2. The van der Waals surface area contributed by atoms with Crippen molar-refractivity contribution >= 4 is 0 Å². The smallest absolute Gasteiger partial charge is 0.0645 e. The van der Waals surface area contributed by atoms with Crippen molar-refractivity contribution in [1.82, 2.24) is 9.55 Å². The van der Waals surface area contributed by atoms with Crippen molar-refractivity contribution in [1.29, 1.82) is 0 Å². The molecule has 0 saturated carbocycles. The molecule has 2 aromatic heterocycles. The van der Waals surface area contributed by atoms with Crippen LogP contribution >= 0.6 is 0 Å². The Labute approximate surface area is 90.9 Å². The number of nitrogens with zero attached hydrogens (tertiary/aromatic N) is 1. The van der Waals surface area contributed by atoms with Crippen molar-refractivity contribution in [2.45, 2.75) is 26.7 Å². The fraction of sp³-hybridized carbons (Fsp3) is 0.385. The average molecular weight is 202 g/mol.